The number of amides is 2. The normalized spacial score (nSPS) is 11.3. The molecule has 7 heteroatoms. The molecule has 0 radical (unpaired) electrons. The first-order valence-corrected chi connectivity index (χ1v) is 14.0. The van der Waals surface area contributed by atoms with Crippen molar-refractivity contribution in [1.29, 1.82) is 0 Å². The highest BCUT2D eigenvalue weighted by Crippen LogP contribution is 2.28. The topological polar surface area (TPSA) is 77.1 Å². The van der Waals surface area contributed by atoms with Gasteiger partial charge in [0.25, 0.3) is 0 Å². The summed E-state index contributed by atoms with van der Waals surface area (Å²) >= 11 is 0. The first-order chi connectivity index (χ1) is 20.5. The van der Waals surface area contributed by atoms with Gasteiger partial charge in [0.2, 0.25) is 11.8 Å². The zero-order valence-corrected chi connectivity index (χ0v) is 24.4. The van der Waals surface area contributed by atoms with Crippen LogP contribution in [0.25, 0.3) is 0 Å². The molecule has 218 valence electrons. The molecule has 0 bridgehead atoms. The van der Waals surface area contributed by atoms with Crippen molar-refractivity contribution in [3.8, 4) is 17.2 Å². The second-order valence-corrected chi connectivity index (χ2v) is 9.90. The lowest BCUT2D eigenvalue weighted by atomic mass is 10.0. The molecule has 4 rings (SSSR count). The second kappa shape index (κ2) is 15.3. The molecule has 0 saturated carbocycles. The Morgan fingerprint density at radius 1 is 0.690 bits per heavy atom. The summed E-state index contributed by atoms with van der Waals surface area (Å²) in [7, 11) is 4.81. The largest absolute Gasteiger partial charge is 0.497 e. The molecule has 1 N–H and O–H groups in total. The van der Waals surface area contributed by atoms with Crippen LogP contribution in [0.2, 0.25) is 0 Å². The number of nitrogens with one attached hydrogen (secondary N) is 1. The first kappa shape index (κ1) is 30.2. The van der Waals surface area contributed by atoms with Gasteiger partial charge in [0.05, 0.1) is 21.3 Å². The molecule has 0 spiro atoms. The van der Waals surface area contributed by atoms with Crippen molar-refractivity contribution in [2.24, 2.45) is 0 Å². The molecular formula is C35H38N2O5. The molecule has 0 aliphatic heterocycles. The van der Waals surface area contributed by atoms with Gasteiger partial charge >= 0.3 is 0 Å². The number of ether oxygens (including phenoxy) is 3. The maximum Gasteiger partial charge on any atom is 0.247 e. The number of carbonyl (C=O) groups is 2. The molecule has 42 heavy (non-hydrogen) atoms. The summed E-state index contributed by atoms with van der Waals surface area (Å²) in [6.45, 7) is 0.673. The Morgan fingerprint density at radius 2 is 1.33 bits per heavy atom. The minimum Gasteiger partial charge on any atom is -0.497 e. The predicted molar refractivity (Wildman–Crippen MR) is 164 cm³/mol. The Morgan fingerprint density at radius 3 is 1.98 bits per heavy atom. The Hall–Kier alpha value is -4.78. The van der Waals surface area contributed by atoms with Crippen LogP contribution in [0.5, 0.6) is 17.2 Å². The Balaban J connectivity index is 1.57. The molecule has 2 amide bonds. The maximum absolute atomic E-state index is 13.9. The van der Waals surface area contributed by atoms with Crippen LogP contribution in [0.3, 0.4) is 0 Å². The summed E-state index contributed by atoms with van der Waals surface area (Å²) in [5, 5.41) is 3.08. The van der Waals surface area contributed by atoms with Gasteiger partial charge in [-0.25, -0.2) is 0 Å². The molecule has 0 fully saturated rings. The van der Waals surface area contributed by atoms with Crippen molar-refractivity contribution < 1.29 is 23.8 Å². The standard InChI is InChI=1S/C35H38N2O5/c1-40-30-18-14-28(15-19-30)25-37(33(38)21-17-26-10-6-4-7-11-26)34(29-12-8-5-9-13-29)35(39)36-23-22-27-16-20-31(41-2)32(24-27)42-3/h4-16,18-20,24,34H,17,21-23,25H2,1-3H3,(H,36,39). The number of methoxy groups -OCH3 is 3. The quantitative estimate of drug-likeness (QED) is 0.210. The molecule has 0 aliphatic rings. The molecule has 0 saturated heterocycles. The summed E-state index contributed by atoms with van der Waals surface area (Å²) < 4.78 is 16.1. The van der Waals surface area contributed by atoms with E-state index >= 15 is 0 Å². The Labute approximate surface area is 248 Å². The van der Waals surface area contributed by atoms with Gasteiger partial charge in [-0.1, -0.05) is 78.9 Å². The molecule has 0 aliphatic carbocycles. The lowest BCUT2D eigenvalue weighted by Crippen LogP contribution is -2.44. The van der Waals surface area contributed by atoms with Crippen molar-refractivity contribution in [1.82, 2.24) is 10.2 Å². The summed E-state index contributed by atoms with van der Waals surface area (Å²) in [5.74, 6) is 1.69. The molecule has 4 aromatic rings. The van der Waals surface area contributed by atoms with E-state index in [2.05, 4.69) is 5.32 Å². The van der Waals surface area contributed by atoms with Gasteiger partial charge in [-0.15, -0.1) is 0 Å². The Bertz CT molecular complexity index is 1430. The van der Waals surface area contributed by atoms with Crippen LogP contribution in [-0.4, -0.2) is 44.6 Å². The van der Waals surface area contributed by atoms with Crippen molar-refractivity contribution in [2.75, 3.05) is 27.9 Å². The van der Waals surface area contributed by atoms with E-state index in [0.29, 0.717) is 30.9 Å². The van der Waals surface area contributed by atoms with E-state index < -0.39 is 6.04 Å². The SMILES string of the molecule is COc1ccc(CN(C(=O)CCc2ccccc2)C(C(=O)NCCc2ccc(OC)c(OC)c2)c2ccccc2)cc1. The van der Waals surface area contributed by atoms with Gasteiger partial charge in [0, 0.05) is 19.5 Å². The highest BCUT2D eigenvalue weighted by atomic mass is 16.5. The van der Waals surface area contributed by atoms with Crippen LogP contribution in [0, 0.1) is 0 Å². The zero-order valence-electron chi connectivity index (χ0n) is 24.4. The van der Waals surface area contributed by atoms with Gasteiger partial charge in [-0.3, -0.25) is 9.59 Å². The molecule has 4 aromatic carbocycles. The van der Waals surface area contributed by atoms with Gasteiger partial charge in [0.15, 0.2) is 11.5 Å². The van der Waals surface area contributed by atoms with Crippen LogP contribution in [0.15, 0.2) is 103 Å². The first-order valence-electron chi connectivity index (χ1n) is 14.0. The van der Waals surface area contributed by atoms with Gasteiger partial charge in [-0.05, 0) is 59.4 Å². The zero-order chi connectivity index (χ0) is 29.7. The third-order valence-electron chi connectivity index (χ3n) is 7.14. The third kappa shape index (κ3) is 8.13. The molecular weight excluding hydrogens is 528 g/mol. The molecule has 1 unspecified atom stereocenters. The van der Waals surface area contributed by atoms with Crippen molar-refractivity contribution in [3.05, 3.63) is 125 Å². The van der Waals surface area contributed by atoms with Crippen molar-refractivity contribution in [3.63, 3.8) is 0 Å². The van der Waals surface area contributed by atoms with E-state index in [1.54, 1.807) is 26.2 Å². The molecule has 7 nitrogen and oxygen atoms in total. The minimum absolute atomic E-state index is 0.0986. The van der Waals surface area contributed by atoms with E-state index in [9.17, 15) is 9.59 Å². The second-order valence-electron chi connectivity index (χ2n) is 9.90. The van der Waals surface area contributed by atoms with Gasteiger partial charge in [-0.2, -0.15) is 0 Å². The predicted octanol–water partition coefficient (Wildman–Crippen LogP) is 5.77. The van der Waals surface area contributed by atoms with E-state index in [4.69, 9.17) is 14.2 Å². The lowest BCUT2D eigenvalue weighted by Gasteiger charge is -2.32. The van der Waals surface area contributed by atoms with E-state index in [-0.39, 0.29) is 24.8 Å². The van der Waals surface area contributed by atoms with Crippen LogP contribution < -0.4 is 19.5 Å². The van der Waals surface area contributed by atoms with Crippen LogP contribution in [0.4, 0.5) is 0 Å². The summed E-state index contributed by atoms with van der Waals surface area (Å²) in [5.41, 5.74) is 3.73. The summed E-state index contributed by atoms with van der Waals surface area (Å²) in [4.78, 5) is 29.5. The van der Waals surface area contributed by atoms with E-state index in [1.807, 2.05) is 103 Å². The van der Waals surface area contributed by atoms with Gasteiger partial charge in [0.1, 0.15) is 11.8 Å². The Kier molecular flexibility index (Phi) is 11.0. The minimum atomic E-state index is -0.804. The van der Waals surface area contributed by atoms with Crippen molar-refractivity contribution >= 4 is 11.8 Å². The number of hydrogen-bond acceptors (Lipinski definition) is 5. The number of nitrogens with zero attached hydrogens (tertiary/aromatic N) is 1. The fourth-order valence-electron chi connectivity index (χ4n) is 4.86. The fourth-order valence-corrected chi connectivity index (χ4v) is 4.86. The number of carbonyl (C=O) groups excluding carboxylic acids is 2. The maximum atomic E-state index is 13.9. The highest BCUT2D eigenvalue weighted by molar-refractivity contribution is 5.89. The van der Waals surface area contributed by atoms with Crippen molar-refractivity contribution in [2.45, 2.75) is 31.8 Å². The smallest absolute Gasteiger partial charge is 0.247 e. The number of benzene rings is 4. The summed E-state index contributed by atoms with van der Waals surface area (Å²) in [6, 6.07) is 31.9. The van der Waals surface area contributed by atoms with E-state index in [0.717, 1.165) is 28.0 Å². The number of hydrogen-bond donors (Lipinski definition) is 1. The van der Waals surface area contributed by atoms with Crippen LogP contribution >= 0.6 is 0 Å². The molecule has 0 heterocycles. The number of aryl methyl sites for hydroxylation is 1. The van der Waals surface area contributed by atoms with Crippen LogP contribution in [-0.2, 0) is 29.0 Å². The third-order valence-corrected chi connectivity index (χ3v) is 7.14. The highest BCUT2D eigenvalue weighted by Gasteiger charge is 2.31. The summed E-state index contributed by atoms with van der Waals surface area (Å²) in [6.07, 6.45) is 1.46. The average Bonchev–Trinajstić information content (AvgIpc) is 3.04. The molecule has 0 aromatic heterocycles. The number of rotatable bonds is 14. The lowest BCUT2D eigenvalue weighted by molar-refractivity contribution is -0.141. The van der Waals surface area contributed by atoms with Crippen LogP contribution in [0.1, 0.15) is 34.7 Å². The van der Waals surface area contributed by atoms with Gasteiger partial charge < -0.3 is 24.4 Å². The van der Waals surface area contributed by atoms with E-state index in [1.165, 1.54) is 0 Å². The molecule has 1 atom stereocenters. The average molecular weight is 567 g/mol. The monoisotopic (exact) mass is 566 g/mol. The fraction of sp³-hybridized carbons (Fsp3) is 0.257.